The first kappa shape index (κ1) is 20.4. The summed E-state index contributed by atoms with van der Waals surface area (Å²) in [5.41, 5.74) is 9.94. The van der Waals surface area contributed by atoms with Crippen LogP contribution in [0.25, 0.3) is 0 Å². The lowest BCUT2D eigenvalue weighted by molar-refractivity contribution is -0.125. The quantitative estimate of drug-likeness (QED) is 0.847. The SMILES string of the molecule is Cc1ccc(CNC(=O)C(C)N2C[C@@H](N)[C@H](c3ccccc3)C2)cc1.Cl. The number of benzene rings is 2. The van der Waals surface area contributed by atoms with Crippen molar-refractivity contribution in [3.63, 3.8) is 0 Å². The van der Waals surface area contributed by atoms with E-state index in [2.05, 4.69) is 53.5 Å². The minimum atomic E-state index is -0.176. The Morgan fingerprint density at radius 1 is 1.15 bits per heavy atom. The first-order chi connectivity index (χ1) is 12.0. The van der Waals surface area contributed by atoms with Crippen LogP contribution in [0.15, 0.2) is 54.6 Å². The van der Waals surface area contributed by atoms with Crippen LogP contribution in [0.2, 0.25) is 0 Å². The van der Waals surface area contributed by atoms with Gasteiger partial charge in [0.15, 0.2) is 0 Å². The second-order valence-corrected chi connectivity index (χ2v) is 7.01. The van der Waals surface area contributed by atoms with Gasteiger partial charge in [0, 0.05) is 31.6 Å². The number of carbonyl (C=O) groups excluding carboxylic acids is 1. The summed E-state index contributed by atoms with van der Waals surface area (Å²) in [5.74, 6) is 0.343. The summed E-state index contributed by atoms with van der Waals surface area (Å²) in [6.45, 7) is 6.16. The summed E-state index contributed by atoms with van der Waals surface area (Å²) in [5, 5.41) is 3.04. The molecule has 0 spiro atoms. The van der Waals surface area contributed by atoms with Crippen molar-refractivity contribution in [2.75, 3.05) is 13.1 Å². The standard InChI is InChI=1S/C21H27N3O.ClH/c1-15-8-10-17(11-9-15)12-23-21(25)16(2)24-13-19(20(22)14-24)18-6-4-3-5-7-18;/h3-11,16,19-20H,12-14,22H2,1-2H3,(H,23,25);1H/t16?,19-,20+;/m0./s1. The van der Waals surface area contributed by atoms with Gasteiger partial charge in [0.1, 0.15) is 0 Å². The maximum Gasteiger partial charge on any atom is 0.237 e. The second kappa shape index (κ2) is 9.17. The van der Waals surface area contributed by atoms with Crippen molar-refractivity contribution in [3.05, 3.63) is 71.3 Å². The highest BCUT2D eigenvalue weighted by atomic mass is 35.5. The predicted molar refractivity (Wildman–Crippen MR) is 108 cm³/mol. The fraction of sp³-hybridized carbons (Fsp3) is 0.381. The van der Waals surface area contributed by atoms with Crippen molar-refractivity contribution in [3.8, 4) is 0 Å². The Labute approximate surface area is 162 Å². The van der Waals surface area contributed by atoms with Crippen LogP contribution in [0, 0.1) is 6.92 Å². The molecule has 0 aromatic heterocycles. The van der Waals surface area contributed by atoms with Crippen LogP contribution in [0.1, 0.15) is 29.5 Å². The van der Waals surface area contributed by atoms with Crippen LogP contribution in [0.4, 0.5) is 0 Å². The molecule has 1 heterocycles. The van der Waals surface area contributed by atoms with E-state index in [0.29, 0.717) is 6.54 Å². The fourth-order valence-electron chi connectivity index (χ4n) is 3.44. The van der Waals surface area contributed by atoms with Gasteiger partial charge in [-0.1, -0.05) is 60.2 Å². The molecule has 2 aromatic carbocycles. The van der Waals surface area contributed by atoms with E-state index in [0.717, 1.165) is 18.7 Å². The predicted octanol–water partition coefficient (Wildman–Crippen LogP) is 2.85. The zero-order valence-electron chi connectivity index (χ0n) is 15.4. The summed E-state index contributed by atoms with van der Waals surface area (Å²) in [6, 6.07) is 18.5. The molecule has 1 fully saturated rings. The van der Waals surface area contributed by atoms with E-state index >= 15 is 0 Å². The topological polar surface area (TPSA) is 58.4 Å². The molecule has 0 aliphatic carbocycles. The smallest absolute Gasteiger partial charge is 0.237 e. The van der Waals surface area contributed by atoms with Crippen molar-refractivity contribution in [1.29, 1.82) is 0 Å². The van der Waals surface area contributed by atoms with E-state index in [1.807, 2.05) is 25.1 Å². The van der Waals surface area contributed by atoms with Gasteiger partial charge in [-0.2, -0.15) is 0 Å². The van der Waals surface area contributed by atoms with Crippen molar-refractivity contribution in [1.82, 2.24) is 10.2 Å². The summed E-state index contributed by atoms with van der Waals surface area (Å²) >= 11 is 0. The van der Waals surface area contributed by atoms with Crippen molar-refractivity contribution in [2.45, 2.75) is 38.4 Å². The van der Waals surface area contributed by atoms with E-state index in [9.17, 15) is 4.79 Å². The number of carbonyl (C=O) groups is 1. The van der Waals surface area contributed by atoms with Gasteiger partial charge in [-0.25, -0.2) is 0 Å². The largest absolute Gasteiger partial charge is 0.351 e. The molecular weight excluding hydrogens is 346 g/mol. The third-order valence-corrected chi connectivity index (χ3v) is 5.14. The number of halogens is 1. The first-order valence-electron chi connectivity index (χ1n) is 8.92. The number of nitrogens with one attached hydrogen (secondary N) is 1. The molecule has 0 radical (unpaired) electrons. The first-order valence-corrected chi connectivity index (χ1v) is 8.92. The maximum absolute atomic E-state index is 12.5. The van der Waals surface area contributed by atoms with Crippen LogP contribution in [-0.2, 0) is 11.3 Å². The van der Waals surface area contributed by atoms with Gasteiger partial charge in [0.25, 0.3) is 0 Å². The van der Waals surface area contributed by atoms with Crippen LogP contribution in [0.5, 0.6) is 0 Å². The van der Waals surface area contributed by atoms with Crippen LogP contribution in [0.3, 0.4) is 0 Å². The molecule has 1 saturated heterocycles. The molecule has 3 atom stereocenters. The number of likely N-dealkylation sites (tertiary alicyclic amines) is 1. The van der Waals surface area contributed by atoms with E-state index in [1.165, 1.54) is 11.1 Å². The van der Waals surface area contributed by atoms with Gasteiger partial charge in [-0.05, 0) is 25.0 Å². The molecule has 26 heavy (non-hydrogen) atoms. The maximum atomic E-state index is 12.5. The molecular formula is C21H28ClN3O. The summed E-state index contributed by atoms with van der Waals surface area (Å²) in [7, 11) is 0. The van der Waals surface area contributed by atoms with E-state index in [1.54, 1.807) is 0 Å². The summed E-state index contributed by atoms with van der Waals surface area (Å²) < 4.78 is 0. The molecule has 1 amide bonds. The lowest BCUT2D eigenvalue weighted by Crippen LogP contribution is -2.44. The number of nitrogens with two attached hydrogens (primary N) is 1. The van der Waals surface area contributed by atoms with E-state index in [4.69, 9.17) is 5.73 Å². The van der Waals surface area contributed by atoms with Gasteiger partial charge in [0.05, 0.1) is 6.04 Å². The third-order valence-electron chi connectivity index (χ3n) is 5.14. The number of aryl methyl sites for hydroxylation is 1. The lowest BCUT2D eigenvalue weighted by atomic mass is 9.95. The fourth-order valence-corrected chi connectivity index (χ4v) is 3.44. The van der Waals surface area contributed by atoms with E-state index in [-0.39, 0.29) is 36.3 Å². The highest BCUT2D eigenvalue weighted by Gasteiger charge is 2.35. The van der Waals surface area contributed by atoms with Crippen molar-refractivity contribution < 1.29 is 4.79 Å². The van der Waals surface area contributed by atoms with Gasteiger partial charge in [0.2, 0.25) is 5.91 Å². The third kappa shape index (κ3) is 4.85. The molecule has 0 bridgehead atoms. The average Bonchev–Trinajstić information content (AvgIpc) is 3.03. The van der Waals surface area contributed by atoms with Gasteiger partial charge in [-0.15, -0.1) is 12.4 Å². The second-order valence-electron chi connectivity index (χ2n) is 7.01. The van der Waals surface area contributed by atoms with Gasteiger partial charge in [-0.3, -0.25) is 9.69 Å². The van der Waals surface area contributed by atoms with Crippen molar-refractivity contribution >= 4 is 18.3 Å². The zero-order chi connectivity index (χ0) is 17.8. The average molecular weight is 374 g/mol. The Morgan fingerprint density at radius 3 is 2.46 bits per heavy atom. The van der Waals surface area contributed by atoms with Crippen LogP contribution < -0.4 is 11.1 Å². The highest BCUT2D eigenvalue weighted by Crippen LogP contribution is 2.27. The highest BCUT2D eigenvalue weighted by molar-refractivity contribution is 5.85. The molecule has 0 saturated carbocycles. The van der Waals surface area contributed by atoms with Crippen LogP contribution in [-0.4, -0.2) is 36.0 Å². The molecule has 3 N–H and O–H groups in total. The number of hydrogen-bond acceptors (Lipinski definition) is 3. The number of amides is 1. The Bertz CT molecular complexity index is 705. The molecule has 140 valence electrons. The van der Waals surface area contributed by atoms with E-state index < -0.39 is 0 Å². The van der Waals surface area contributed by atoms with Crippen molar-refractivity contribution in [2.24, 2.45) is 5.73 Å². The Balaban J connectivity index is 0.00000243. The number of nitrogens with zero attached hydrogens (tertiary/aromatic N) is 1. The minimum Gasteiger partial charge on any atom is -0.351 e. The minimum absolute atomic E-state index is 0. The molecule has 1 aliphatic heterocycles. The summed E-state index contributed by atoms with van der Waals surface area (Å²) in [6.07, 6.45) is 0. The normalized spacial score (nSPS) is 21.0. The molecule has 1 aliphatic rings. The Kier molecular flexibility index (Phi) is 7.21. The van der Waals surface area contributed by atoms with Gasteiger partial charge >= 0.3 is 0 Å². The molecule has 5 heteroatoms. The lowest BCUT2D eigenvalue weighted by Gasteiger charge is -2.23. The van der Waals surface area contributed by atoms with Gasteiger partial charge < -0.3 is 11.1 Å². The summed E-state index contributed by atoms with van der Waals surface area (Å²) in [4.78, 5) is 14.7. The molecule has 3 rings (SSSR count). The number of hydrogen-bond donors (Lipinski definition) is 2. The van der Waals surface area contributed by atoms with Crippen LogP contribution >= 0.6 is 12.4 Å². The number of rotatable bonds is 5. The monoisotopic (exact) mass is 373 g/mol. The Hall–Kier alpha value is -1.88. The Morgan fingerprint density at radius 2 is 1.81 bits per heavy atom. The molecule has 2 aromatic rings. The zero-order valence-corrected chi connectivity index (χ0v) is 16.2. The molecule has 1 unspecified atom stereocenters. The molecule has 4 nitrogen and oxygen atoms in total.